The van der Waals surface area contributed by atoms with Crippen molar-refractivity contribution in [3.63, 3.8) is 0 Å². The first-order chi connectivity index (χ1) is 8.09. The third kappa shape index (κ3) is 5.65. The summed E-state index contributed by atoms with van der Waals surface area (Å²) in [4.78, 5) is 4.27. The molecule has 0 saturated heterocycles. The van der Waals surface area contributed by atoms with E-state index in [1.165, 1.54) is 0 Å². The topological polar surface area (TPSA) is 54.4 Å². The minimum absolute atomic E-state index is 0.251. The van der Waals surface area contributed by atoms with Gasteiger partial charge in [-0.1, -0.05) is 0 Å². The van der Waals surface area contributed by atoms with Crippen molar-refractivity contribution in [3.05, 3.63) is 23.5 Å². The van der Waals surface area contributed by atoms with Crippen LogP contribution in [0.25, 0.3) is 0 Å². The van der Waals surface area contributed by atoms with Gasteiger partial charge >= 0.3 is 0 Å². The molecule has 1 rings (SSSR count). The molecule has 0 amide bonds. The average Bonchev–Trinajstić information content (AvgIpc) is 2.27. The van der Waals surface area contributed by atoms with E-state index in [4.69, 9.17) is 4.74 Å². The van der Waals surface area contributed by atoms with E-state index < -0.39 is 0 Å². The third-order valence-corrected chi connectivity index (χ3v) is 2.33. The smallest absolute Gasteiger partial charge is 0.138 e. The Kier molecular flexibility index (Phi) is 5.94. The highest BCUT2D eigenvalue weighted by molar-refractivity contribution is 5.27. The molecule has 1 aromatic heterocycles. The molecule has 0 fully saturated rings. The van der Waals surface area contributed by atoms with Crippen LogP contribution in [-0.4, -0.2) is 29.3 Å². The number of rotatable bonds is 7. The molecule has 0 spiro atoms. The molecule has 0 radical (unpaired) electrons. The lowest BCUT2D eigenvalue weighted by Crippen LogP contribution is -2.18. The van der Waals surface area contributed by atoms with Gasteiger partial charge in [-0.15, -0.1) is 0 Å². The van der Waals surface area contributed by atoms with Crippen molar-refractivity contribution < 1.29 is 9.84 Å². The lowest BCUT2D eigenvalue weighted by Gasteiger charge is -2.09. The lowest BCUT2D eigenvalue weighted by atomic mass is 10.3. The summed E-state index contributed by atoms with van der Waals surface area (Å²) < 4.78 is 5.43. The second-order valence-electron chi connectivity index (χ2n) is 4.37. The van der Waals surface area contributed by atoms with E-state index in [2.05, 4.69) is 10.3 Å². The predicted molar refractivity (Wildman–Crippen MR) is 68.1 cm³/mol. The summed E-state index contributed by atoms with van der Waals surface area (Å²) in [6, 6.07) is 3.48. The minimum Gasteiger partial charge on any atom is -0.506 e. The van der Waals surface area contributed by atoms with Gasteiger partial charge in [-0.05, 0) is 45.9 Å². The fourth-order valence-electron chi connectivity index (χ4n) is 1.46. The van der Waals surface area contributed by atoms with Gasteiger partial charge in [-0.3, -0.25) is 4.98 Å². The molecule has 4 nitrogen and oxygen atoms in total. The first-order valence-corrected chi connectivity index (χ1v) is 6.07. The maximum atomic E-state index is 9.58. The van der Waals surface area contributed by atoms with E-state index in [1.54, 1.807) is 12.1 Å². The number of hydrogen-bond acceptors (Lipinski definition) is 4. The number of pyridine rings is 1. The van der Waals surface area contributed by atoms with E-state index in [0.717, 1.165) is 25.3 Å². The van der Waals surface area contributed by atoms with Crippen molar-refractivity contribution in [1.29, 1.82) is 0 Å². The molecule has 0 aromatic carbocycles. The zero-order chi connectivity index (χ0) is 12.7. The molecule has 4 heteroatoms. The summed E-state index contributed by atoms with van der Waals surface area (Å²) in [6.45, 7) is 8.19. The first-order valence-electron chi connectivity index (χ1n) is 6.07. The number of hydrogen-bond donors (Lipinski definition) is 2. The SMILES string of the molecule is Cc1ccc(O)c(CNCCCOC(C)C)n1. The molecule has 0 bridgehead atoms. The Labute approximate surface area is 103 Å². The highest BCUT2D eigenvalue weighted by atomic mass is 16.5. The van der Waals surface area contributed by atoms with E-state index in [1.807, 2.05) is 20.8 Å². The summed E-state index contributed by atoms with van der Waals surface area (Å²) in [5.74, 6) is 0.251. The van der Waals surface area contributed by atoms with Crippen LogP contribution >= 0.6 is 0 Å². The Hall–Kier alpha value is -1.13. The monoisotopic (exact) mass is 238 g/mol. The maximum absolute atomic E-state index is 9.58. The Balaban J connectivity index is 2.20. The minimum atomic E-state index is 0.251. The third-order valence-electron chi connectivity index (χ3n) is 2.33. The molecule has 96 valence electrons. The Bertz CT molecular complexity index is 340. The summed E-state index contributed by atoms with van der Waals surface area (Å²) in [5.41, 5.74) is 1.62. The zero-order valence-electron chi connectivity index (χ0n) is 10.9. The molecule has 2 N–H and O–H groups in total. The second-order valence-corrected chi connectivity index (χ2v) is 4.37. The van der Waals surface area contributed by atoms with Crippen molar-refractivity contribution in [2.45, 2.75) is 39.8 Å². The van der Waals surface area contributed by atoms with Crippen LogP contribution in [0.15, 0.2) is 12.1 Å². The number of aromatic nitrogens is 1. The summed E-state index contributed by atoms with van der Waals surface area (Å²) in [6.07, 6.45) is 1.25. The van der Waals surface area contributed by atoms with Crippen LogP contribution in [-0.2, 0) is 11.3 Å². The van der Waals surface area contributed by atoms with Crippen LogP contribution in [0.5, 0.6) is 5.75 Å². The predicted octanol–water partition coefficient (Wildman–Crippen LogP) is 2.00. The summed E-state index contributed by atoms with van der Waals surface area (Å²) in [5, 5.41) is 12.8. The summed E-state index contributed by atoms with van der Waals surface area (Å²) >= 11 is 0. The normalized spacial score (nSPS) is 11.1. The molecule has 1 heterocycles. The van der Waals surface area contributed by atoms with Crippen LogP contribution in [0.3, 0.4) is 0 Å². The Morgan fingerprint density at radius 3 is 2.88 bits per heavy atom. The van der Waals surface area contributed by atoms with Crippen LogP contribution in [0, 0.1) is 6.92 Å². The average molecular weight is 238 g/mol. The van der Waals surface area contributed by atoms with Gasteiger partial charge < -0.3 is 15.2 Å². The molecule has 0 aliphatic carbocycles. The Morgan fingerprint density at radius 1 is 1.41 bits per heavy atom. The molecule has 0 aliphatic heterocycles. The van der Waals surface area contributed by atoms with Crippen molar-refractivity contribution in [2.75, 3.05) is 13.2 Å². The maximum Gasteiger partial charge on any atom is 0.138 e. The van der Waals surface area contributed by atoms with Crippen LogP contribution < -0.4 is 5.32 Å². The standard InChI is InChI=1S/C13H22N2O2/c1-10(2)17-8-4-7-14-9-12-13(16)6-5-11(3)15-12/h5-6,10,14,16H,4,7-9H2,1-3H3. The van der Waals surface area contributed by atoms with Gasteiger partial charge in [0.15, 0.2) is 0 Å². The molecule has 0 saturated carbocycles. The number of nitrogens with one attached hydrogen (secondary N) is 1. The molecule has 0 unspecified atom stereocenters. The van der Waals surface area contributed by atoms with E-state index >= 15 is 0 Å². The van der Waals surface area contributed by atoms with Crippen molar-refractivity contribution in [3.8, 4) is 5.75 Å². The molecule has 17 heavy (non-hydrogen) atoms. The van der Waals surface area contributed by atoms with Gasteiger partial charge in [-0.2, -0.15) is 0 Å². The molecule has 1 aromatic rings. The molecule has 0 aliphatic rings. The molecular weight excluding hydrogens is 216 g/mol. The van der Waals surface area contributed by atoms with Gasteiger partial charge in [0.1, 0.15) is 5.75 Å². The van der Waals surface area contributed by atoms with Gasteiger partial charge in [-0.25, -0.2) is 0 Å². The van der Waals surface area contributed by atoms with Gasteiger partial charge in [0, 0.05) is 18.8 Å². The lowest BCUT2D eigenvalue weighted by molar-refractivity contribution is 0.0770. The van der Waals surface area contributed by atoms with Crippen molar-refractivity contribution in [1.82, 2.24) is 10.3 Å². The first kappa shape index (κ1) is 13.9. The van der Waals surface area contributed by atoms with Gasteiger partial charge in [0.25, 0.3) is 0 Å². The largest absolute Gasteiger partial charge is 0.506 e. The highest BCUT2D eigenvalue weighted by Gasteiger charge is 2.02. The molecule has 0 atom stereocenters. The molecular formula is C13H22N2O2. The number of ether oxygens (including phenoxy) is 1. The van der Waals surface area contributed by atoms with E-state index in [9.17, 15) is 5.11 Å². The van der Waals surface area contributed by atoms with Crippen LogP contribution in [0.4, 0.5) is 0 Å². The van der Waals surface area contributed by atoms with Crippen LogP contribution in [0.2, 0.25) is 0 Å². The highest BCUT2D eigenvalue weighted by Crippen LogP contribution is 2.13. The van der Waals surface area contributed by atoms with Gasteiger partial charge in [0.05, 0.1) is 11.8 Å². The van der Waals surface area contributed by atoms with Crippen molar-refractivity contribution in [2.24, 2.45) is 0 Å². The van der Waals surface area contributed by atoms with Gasteiger partial charge in [0.2, 0.25) is 0 Å². The van der Waals surface area contributed by atoms with Crippen molar-refractivity contribution >= 4 is 0 Å². The second kappa shape index (κ2) is 7.25. The summed E-state index contributed by atoms with van der Waals surface area (Å²) in [7, 11) is 0. The fourth-order valence-corrected chi connectivity index (χ4v) is 1.46. The Morgan fingerprint density at radius 2 is 2.18 bits per heavy atom. The van der Waals surface area contributed by atoms with Crippen LogP contribution in [0.1, 0.15) is 31.7 Å². The quantitative estimate of drug-likeness (QED) is 0.713. The zero-order valence-corrected chi connectivity index (χ0v) is 10.9. The number of aromatic hydroxyl groups is 1. The number of nitrogens with zero attached hydrogens (tertiary/aromatic N) is 1. The fraction of sp³-hybridized carbons (Fsp3) is 0.615. The van der Waals surface area contributed by atoms with E-state index in [0.29, 0.717) is 12.2 Å². The number of aryl methyl sites for hydroxylation is 1. The van der Waals surface area contributed by atoms with E-state index in [-0.39, 0.29) is 11.9 Å².